The molecule has 19 heavy (non-hydrogen) atoms. The number of hydrogen-bond donors (Lipinski definition) is 1. The van der Waals surface area contributed by atoms with E-state index in [1.165, 1.54) is 5.56 Å². The zero-order valence-electron chi connectivity index (χ0n) is 11.0. The van der Waals surface area contributed by atoms with Gasteiger partial charge in [-0.05, 0) is 43.3 Å². The molecule has 1 atom stereocenters. The van der Waals surface area contributed by atoms with Gasteiger partial charge in [-0.1, -0.05) is 30.1 Å². The van der Waals surface area contributed by atoms with Crippen molar-refractivity contribution in [2.45, 2.75) is 25.8 Å². The smallest absolute Gasteiger partial charge is 0.108 e. The second-order valence-corrected chi connectivity index (χ2v) is 5.28. The minimum Gasteiger partial charge on any atom is -0.469 e. The van der Waals surface area contributed by atoms with Gasteiger partial charge < -0.3 is 9.73 Å². The Labute approximate surface area is 123 Å². The van der Waals surface area contributed by atoms with E-state index >= 15 is 0 Å². The summed E-state index contributed by atoms with van der Waals surface area (Å²) in [6, 6.07) is 7.74. The number of benzene rings is 1. The summed E-state index contributed by atoms with van der Waals surface area (Å²) in [5, 5.41) is 4.76. The second-order valence-electron chi connectivity index (χ2n) is 4.43. The number of hydrogen-bond acceptors (Lipinski definition) is 2. The van der Waals surface area contributed by atoms with E-state index in [1.807, 2.05) is 25.2 Å². The monoisotopic (exact) mass is 297 g/mol. The number of rotatable bonds is 5. The predicted molar refractivity (Wildman–Crippen MR) is 80.1 cm³/mol. The number of nitrogens with one attached hydrogen (secondary N) is 1. The largest absolute Gasteiger partial charge is 0.469 e. The van der Waals surface area contributed by atoms with Gasteiger partial charge in [0.25, 0.3) is 0 Å². The van der Waals surface area contributed by atoms with Crippen LogP contribution in [0.25, 0.3) is 0 Å². The van der Waals surface area contributed by atoms with Crippen LogP contribution in [0.1, 0.15) is 29.9 Å². The molecule has 0 bridgehead atoms. The first kappa shape index (κ1) is 14.4. The normalized spacial score (nSPS) is 12.6. The molecular formula is C15H17Cl2NO. The van der Waals surface area contributed by atoms with Gasteiger partial charge in [0.2, 0.25) is 0 Å². The number of furan rings is 1. The molecule has 0 saturated carbocycles. The number of likely N-dealkylation sites (N-methyl/N-ethyl adjacent to an activating group) is 1. The molecule has 0 aliphatic rings. The van der Waals surface area contributed by atoms with Gasteiger partial charge in [0.15, 0.2) is 0 Å². The molecule has 0 saturated heterocycles. The van der Waals surface area contributed by atoms with Crippen molar-refractivity contribution in [3.05, 3.63) is 57.5 Å². The molecule has 0 amide bonds. The van der Waals surface area contributed by atoms with E-state index in [9.17, 15) is 0 Å². The third-order valence-corrected chi connectivity index (χ3v) is 3.86. The first-order chi connectivity index (χ1) is 9.15. The Morgan fingerprint density at radius 1 is 1.26 bits per heavy atom. The van der Waals surface area contributed by atoms with E-state index in [1.54, 1.807) is 12.3 Å². The van der Waals surface area contributed by atoms with E-state index in [0.29, 0.717) is 5.02 Å². The summed E-state index contributed by atoms with van der Waals surface area (Å²) in [5.74, 6) is 1.01. The molecule has 0 aliphatic heterocycles. The van der Waals surface area contributed by atoms with Crippen molar-refractivity contribution >= 4 is 23.2 Å². The summed E-state index contributed by atoms with van der Waals surface area (Å²) in [5.41, 5.74) is 2.22. The average Bonchev–Trinajstić information content (AvgIpc) is 2.88. The van der Waals surface area contributed by atoms with Crippen molar-refractivity contribution < 1.29 is 4.42 Å². The van der Waals surface area contributed by atoms with E-state index in [4.69, 9.17) is 27.6 Å². The second kappa shape index (κ2) is 6.47. The fourth-order valence-electron chi connectivity index (χ4n) is 2.24. The van der Waals surface area contributed by atoms with Crippen molar-refractivity contribution in [1.29, 1.82) is 0 Å². The van der Waals surface area contributed by atoms with Gasteiger partial charge in [0, 0.05) is 28.1 Å². The maximum atomic E-state index is 6.22. The number of halogens is 2. The molecule has 0 fully saturated rings. The lowest BCUT2D eigenvalue weighted by molar-refractivity contribution is 0.495. The molecule has 2 nitrogen and oxygen atoms in total. The Bertz CT molecular complexity index is 551. The van der Waals surface area contributed by atoms with Crippen LogP contribution in [0.2, 0.25) is 10.0 Å². The lowest BCUT2D eigenvalue weighted by atomic mass is 9.98. The fraction of sp³-hybridized carbons (Fsp3) is 0.333. The third kappa shape index (κ3) is 3.33. The van der Waals surface area contributed by atoms with Crippen LogP contribution in [0.4, 0.5) is 0 Å². The molecule has 2 rings (SSSR count). The maximum Gasteiger partial charge on any atom is 0.108 e. The highest BCUT2D eigenvalue weighted by Crippen LogP contribution is 2.28. The number of aryl methyl sites for hydroxylation is 1. The van der Waals surface area contributed by atoms with E-state index in [-0.39, 0.29) is 6.04 Å². The van der Waals surface area contributed by atoms with Crippen LogP contribution in [0.5, 0.6) is 0 Å². The summed E-state index contributed by atoms with van der Waals surface area (Å²) in [4.78, 5) is 0. The van der Waals surface area contributed by atoms with Crippen LogP contribution in [0.3, 0.4) is 0 Å². The minimum atomic E-state index is 0.171. The zero-order chi connectivity index (χ0) is 13.8. The van der Waals surface area contributed by atoms with Gasteiger partial charge in [-0.15, -0.1) is 0 Å². The van der Waals surface area contributed by atoms with Crippen LogP contribution >= 0.6 is 23.2 Å². The Kier molecular flexibility index (Phi) is 4.92. The van der Waals surface area contributed by atoms with Crippen molar-refractivity contribution in [3.8, 4) is 0 Å². The standard InChI is InChI=1S/C15H17Cl2NO/c1-3-15-12(6-7-19-15)14(18-2)9-10-8-11(16)4-5-13(10)17/h4-8,14,18H,3,9H2,1-2H3. The lowest BCUT2D eigenvalue weighted by Crippen LogP contribution is -2.19. The Morgan fingerprint density at radius 2 is 2.05 bits per heavy atom. The molecule has 1 N–H and O–H groups in total. The first-order valence-electron chi connectivity index (χ1n) is 6.33. The molecule has 1 aromatic heterocycles. The van der Waals surface area contributed by atoms with Gasteiger partial charge in [-0.3, -0.25) is 0 Å². The highest BCUT2D eigenvalue weighted by Gasteiger charge is 2.17. The van der Waals surface area contributed by atoms with E-state index in [2.05, 4.69) is 12.2 Å². The Morgan fingerprint density at radius 3 is 2.74 bits per heavy atom. The molecule has 2 aromatic rings. The first-order valence-corrected chi connectivity index (χ1v) is 7.08. The molecule has 0 radical (unpaired) electrons. The molecule has 0 aliphatic carbocycles. The minimum absolute atomic E-state index is 0.171. The lowest BCUT2D eigenvalue weighted by Gasteiger charge is -2.17. The van der Waals surface area contributed by atoms with Gasteiger partial charge in [-0.2, -0.15) is 0 Å². The summed E-state index contributed by atoms with van der Waals surface area (Å²) in [7, 11) is 1.94. The van der Waals surface area contributed by atoms with Gasteiger partial charge >= 0.3 is 0 Å². The molecular weight excluding hydrogens is 281 g/mol. The zero-order valence-corrected chi connectivity index (χ0v) is 12.6. The average molecular weight is 298 g/mol. The molecule has 1 unspecified atom stereocenters. The van der Waals surface area contributed by atoms with Crippen LogP contribution in [0.15, 0.2) is 34.9 Å². The van der Waals surface area contributed by atoms with Crippen molar-refractivity contribution in [2.24, 2.45) is 0 Å². The Hall–Kier alpha value is -0.960. The predicted octanol–water partition coefficient (Wildman–Crippen LogP) is 4.65. The molecule has 4 heteroatoms. The molecule has 102 valence electrons. The van der Waals surface area contributed by atoms with Gasteiger partial charge in [-0.25, -0.2) is 0 Å². The van der Waals surface area contributed by atoms with E-state index in [0.717, 1.165) is 29.2 Å². The van der Waals surface area contributed by atoms with Gasteiger partial charge in [0.05, 0.1) is 6.26 Å². The summed E-state index contributed by atoms with van der Waals surface area (Å²) >= 11 is 12.3. The van der Waals surface area contributed by atoms with Crippen LogP contribution in [-0.4, -0.2) is 7.05 Å². The maximum absolute atomic E-state index is 6.22. The highest BCUT2D eigenvalue weighted by atomic mass is 35.5. The highest BCUT2D eigenvalue weighted by molar-refractivity contribution is 6.33. The quantitative estimate of drug-likeness (QED) is 0.869. The molecule has 1 aromatic carbocycles. The summed E-state index contributed by atoms with van der Waals surface area (Å²) in [6.45, 7) is 2.08. The summed E-state index contributed by atoms with van der Waals surface area (Å²) < 4.78 is 5.49. The van der Waals surface area contributed by atoms with E-state index < -0.39 is 0 Å². The Balaban J connectivity index is 2.26. The van der Waals surface area contributed by atoms with Crippen molar-refractivity contribution in [1.82, 2.24) is 5.32 Å². The SMILES string of the molecule is CCc1occc1C(Cc1cc(Cl)ccc1Cl)NC. The van der Waals surface area contributed by atoms with Crippen molar-refractivity contribution in [2.75, 3.05) is 7.05 Å². The third-order valence-electron chi connectivity index (χ3n) is 3.26. The van der Waals surface area contributed by atoms with Crippen LogP contribution in [-0.2, 0) is 12.8 Å². The fourth-order valence-corrected chi connectivity index (χ4v) is 2.62. The van der Waals surface area contributed by atoms with Crippen LogP contribution < -0.4 is 5.32 Å². The summed E-state index contributed by atoms with van der Waals surface area (Å²) in [6.07, 6.45) is 3.39. The van der Waals surface area contributed by atoms with Crippen molar-refractivity contribution in [3.63, 3.8) is 0 Å². The molecule has 1 heterocycles. The van der Waals surface area contributed by atoms with Crippen LogP contribution in [0, 0.1) is 0 Å². The molecule has 0 spiro atoms. The van der Waals surface area contributed by atoms with Gasteiger partial charge in [0.1, 0.15) is 5.76 Å². The topological polar surface area (TPSA) is 25.2 Å².